The summed E-state index contributed by atoms with van der Waals surface area (Å²) in [5, 5.41) is 0. The van der Waals surface area contributed by atoms with Gasteiger partial charge in [0.2, 0.25) is 0 Å². The van der Waals surface area contributed by atoms with Crippen molar-refractivity contribution in [3.8, 4) is 11.5 Å². The molecule has 5 nitrogen and oxygen atoms in total. The van der Waals surface area contributed by atoms with Gasteiger partial charge in [0, 0.05) is 28.8 Å². The fraction of sp³-hybridized carbons (Fsp3) is 0.269. The van der Waals surface area contributed by atoms with Crippen molar-refractivity contribution in [1.29, 1.82) is 0 Å². The van der Waals surface area contributed by atoms with Crippen LogP contribution in [0.1, 0.15) is 29.3 Å². The third-order valence-corrected chi connectivity index (χ3v) is 5.73. The van der Waals surface area contributed by atoms with Crippen LogP contribution >= 0.6 is 15.9 Å². The molecule has 0 atom stereocenters. The number of hydrogen-bond acceptors (Lipinski definition) is 5. The van der Waals surface area contributed by atoms with Gasteiger partial charge in [-0.25, -0.2) is 4.98 Å². The molecule has 0 radical (unpaired) electrons. The molecule has 0 unspecified atom stereocenters. The van der Waals surface area contributed by atoms with Crippen LogP contribution in [0.5, 0.6) is 11.5 Å². The van der Waals surface area contributed by atoms with Gasteiger partial charge in [0.25, 0.3) is 0 Å². The highest BCUT2D eigenvalue weighted by molar-refractivity contribution is 9.10. The quantitative estimate of drug-likeness (QED) is 0.304. The summed E-state index contributed by atoms with van der Waals surface area (Å²) in [6.07, 6.45) is 3.65. The molecular weight excluding hydrogens is 468 g/mol. The number of rotatable bonds is 10. The van der Waals surface area contributed by atoms with Gasteiger partial charge in [-0.1, -0.05) is 24.3 Å². The molecule has 3 rings (SSSR count). The van der Waals surface area contributed by atoms with Crippen molar-refractivity contribution in [3.63, 3.8) is 0 Å². The second kappa shape index (κ2) is 11.6. The van der Waals surface area contributed by atoms with Crippen LogP contribution in [0.25, 0.3) is 6.08 Å². The maximum Gasteiger partial charge on any atom is 0.130 e. The van der Waals surface area contributed by atoms with Gasteiger partial charge in [-0.15, -0.1) is 0 Å². The Balaban J connectivity index is 1.92. The lowest BCUT2D eigenvalue weighted by atomic mass is 10.1. The second-order valence-electron chi connectivity index (χ2n) is 7.27. The first kappa shape index (κ1) is 23.7. The van der Waals surface area contributed by atoms with Crippen LogP contribution in [0, 0.1) is 6.92 Å². The van der Waals surface area contributed by atoms with Crippen LogP contribution in [0.15, 0.2) is 65.3 Å². The molecule has 168 valence electrons. The zero-order valence-electron chi connectivity index (χ0n) is 19.0. The molecule has 32 heavy (non-hydrogen) atoms. The fourth-order valence-corrected chi connectivity index (χ4v) is 3.95. The van der Waals surface area contributed by atoms with Gasteiger partial charge in [0.05, 0.1) is 27.1 Å². The highest BCUT2D eigenvalue weighted by atomic mass is 79.9. The maximum absolute atomic E-state index is 5.36. The van der Waals surface area contributed by atoms with E-state index < -0.39 is 0 Å². The van der Waals surface area contributed by atoms with Crippen LogP contribution in [0.2, 0.25) is 0 Å². The van der Waals surface area contributed by atoms with Gasteiger partial charge in [-0.05, 0) is 77.3 Å². The molecule has 0 amide bonds. The molecule has 0 spiro atoms. The van der Waals surface area contributed by atoms with Crippen molar-refractivity contribution in [2.45, 2.75) is 26.9 Å². The molecule has 1 heterocycles. The average Bonchev–Trinajstić information content (AvgIpc) is 2.81. The van der Waals surface area contributed by atoms with Crippen molar-refractivity contribution < 1.29 is 14.2 Å². The van der Waals surface area contributed by atoms with E-state index in [0.717, 1.165) is 33.0 Å². The van der Waals surface area contributed by atoms with Crippen molar-refractivity contribution in [1.82, 2.24) is 4.98 Å². The van der Waals surface area contributed by atoms with E-state index in [-0.39, 0.29) is 0 Å². The largest absolute Gasteiger partial charge is 0.501 e. The average molecular weight is 497 g/mol. The SMILES string of the molecule is CCO/C=C\c1c(Br)cc(N(Cc2ccc(OC)cc2)Cc2ccc(OC)cc2)nc1C. The van der Waals surface area contributed by atoms with Gasteiger partial charge < -0.3 is 19.1 Å². The van der Waals surface area contributed by atoms with E-state index in [1.54, 1.807) is 20.5 Å². The number of anilines is 1. The topological polar surface area (TPSA) is 43.8 Å². The van der Waals surface area contributed by atoms with E-state index in [1.165, 1.54) is 11.1 Å². The van der Waals surface area contributed by atoms with Crippen molar-refractivity contribution >= 4 is 27.8 Å². The molecule has 6 heteroatoms. The number of hydrogen-bond donors (Lipinski definition) is 0. The van der Waals surface area contributed by atoms with Crippen LogP contribution < -0.4 is 14.4 Å². The summed E-state index contributed by atoms with van der Waals surface area (Å²) in [4.78, 5) is 7.17. The van der Waals surface area contributed by atoms with E-state index >= 15 is 0 Å². The molecule has 0 aliphatic rings. The minimum atomic E-state index is 0.635. The predicted octanol–water partition coefficient (Wildman–Crippen LogP) is 6.38. The Hall–Kier alpha value is -2.99. The zero-order valence-corrected chi connectivity index (χ0v) is 20.6. The number of methoxy groups -OCH3 is 2. The first-order valence-electron chi connectivity index (χ1n) is 10.5. The van der Waals surface area contributed by atoms with Gasteiger partial charge in [-0.3, -0.25) is 0 Å². The summed E-state index contributed by atoms with van der Waals surface area (Å²) in [7, 11) is 3.35. The number of pyridine rings is 1. The lowest BCUT2D eigenvalue weighted by Crippen LogP contribution is -2.23. The lowest BCUT2D eigenvalue weighted by Gasteiger charge is -2.25. The molecule has 0 aliphatic carbocycles. The molecule has 2 aromatic carbocycles. The predicted molar refractivity (Wildman–Crippen MR) is 133 cm³/mol. The Kier molecular flexibility index (Phi) is 8.56. The standard InChI is InChI=1S/C26H29BrN2O3/c1-5-32-15-14-24-19(2)28-26(16-25(24)27)29(17-20-6-10-22(30-3)11-7-20)18-21-8-12-23(31-4)13-9-21/h6-16H,5,17-18H2,1-4H3/b15-14-. The minimum Gasteiger partial charge on any atom is -0.501 e. The van der Waals surface area contributed by atoms with E-state index in [1.807, 2.05) is 44.2 Å². The Labute approximate surface area is 198 Å². The van der Waals surface area contributed by atoms with Crippen LogP contribution in [0.3, 0.4) is 0 Å². The van der Waals surface area contributed by atoms with Crippen LogP contribution in [-0.4, -0.2) is 25.8 Å². The van der Waals surface area contributed by atoms with Crippen molar-refractivity contribution in [2.24, 2.45) is 0 Å². The number of halogens is 1. The Morgan fingerprint density at radius 3 is 1.88 bits per heavy atom. The number of aromatic nitrogens is 1. The van der Waals surface area contributed by atoms with E-state index in [4.69, 9.17) is 19.2 Å². The summed E-state index contributed by atoms with van der Waals surface area (Å²) < 4.78 is 16.9. The molecule has 0 fully saturated rings. The first-order valence-corrected chi connectivity index (χ1v) is 11.3. The van der Waals surface area contributed by atoms with Gasteiger partial charge >= 0.3 is 0 Å². The summed E-state index contributed by atoms with van der Waals surface area (Å²) in [6, 6.07) is 18.3. The smallest absolute Gasteiger partial charge is 0.130 e. The Morgan fingerprint density at radius 1 is 0.906 bits per heavy atom. The zero-order chi connectivity index (χ0) is 22.9. The Bertz CT molecular complexity index is 961. The summed E-state index contributed by atoms with van der Waals surface area (Å²) in [5.74, 6) is 2.59. The normalized spacial score (nSPS) is 10.9. The van der Waals surface area contributed by atoms with E-state index in [2.05, 4.69) is 51.2 Å². The monoisotopic (exact) mass is 496 g/mol. The van der Waals surface area contributed by atoms with Crippen LogP contribution in [0.4, 0.5) is 5.82 Å². The molecule has 0 saturated heterocycles. The molecular formula is C26H29BrN2O3. The number of ether oxygens (including phenoxy) is 3. The summed E-state index contributed by atoms with van der Waals surface area (Å²) >= 11 is 3.72. The Morgan fingerprint density at radius 2 is 1.44 bits per heavy atom. The maximum atomic E-state index is 5.36. The molecule has 3 aromatic rings. The number of aryl methyl sites for hydroxylation is 1. The highest BCUT2D eigenvalue weighted by Crippen LogP contribution is 2.28. The van der Waals surface area contributed by atoms with Gasteiger partial charge in [0.15, 0.2) is 0 Å². The highest BCUT2D eigenvalue weighted by Gasteiger charge is 2.14. The minimum absolute atomic E-state index is 0.635. The molecule has 0 saturated carbocycles. The molecule has 0 aliphatic heterocycles. The fourth-order valence-electron chi connectivity index (χ4n) is 3.32. The number of benzene rings is 2. The van der Waals surface area contributed by atoms with Crippen LogP contribution in [-0.2, 0) is 17.8 Å². The second-order valence-corrected chi connectivity index (χ2v) is 8.13. The number of nitrogens with zero attached hydrogens (tertiary/aromatic N) is 2. The van der Waals surface area contributed by atoms with Crippen molar-refractivity contribution in [2.75, 3.05) is 25.7 Å². The molecule has 1 aromatic heterocycles. The molecule has 0 bridgehead atoms. The molecule has 0 N–H and O–H groups in total. The first-order chi connectivity index (χ1) is 15.5. The summed E-state index contributed by atoms with van der Waals surface area (Å²) in [6.45, 7) is 6.03. The van der Waals surface area contributed by atoms with E-state index in [9.17, 15) is 0 Å². The van der Waals surface area contributed by atoms with Crippen molar-refractivity contribution in [3.05, 3.63) is 87.7 Å². The summed E-state index contributed by atoms with van der Waals surface area (Å²) in [5.41, 5.74) is 4.29. The lowest BCUT2D eigenvalue weighted by molar-refractivity contribution is 0.272. The third-order valence-electron chi connectivity index (χ3n) is 5.07. The van der Waals surface area contributed by atoms with E-state index in [0.29, 0.717) is 19.7 Å². The third kappa shape index (κ3) is 6.26. The van der Waals surface area contributed by atoms with Gasteiger partial charge in [-0.2, -0.15) is 0 Å². The van der Waals surface area contributed by atoms with Gasteiger partial charge in [0.1, 0.15) is 17.3 Å².